The van der Waals surface area contributed by atoms with Crippen LogP contribution in [0.1, 0.15) is 22.2 Å². The van der Waals surface area contributed by atoms with Crippen molar-refractivity contribution < 1.29 is 9.18 Å². The number of thiophene rings is 1. The molecule has 18 heavy (non-hydrogen) atoms. The van der Waals surface area contributed by atoms with Gasteiger partial charge in [0, 0.05) is 11.4 Å². The molecule has 1 aromatic carbocycles. The molecule has 0 bridgehead atoms. The van der Waals surface area contributed by atoms with Crippen molar-refractivity contribution in [3.05, 3.63) is 45.9 Å². The smallest absolute Gasteiger partial charge is 0.266 e. The number of hydrogen-bond donors (Lipinski definition) is 2. The summed E-state index contributed by atoms with van der Waals surface area (Å²) in [5, 5.41) is 4.52. The molecule has 0 atom stereocenters. The molecule has 1 amide bonds. The first kappa shape index (κ1) is 12.6. The third kappa shape index (κ3) is 2.68. The van der Waals surface area contributed by atoms with Crippen LogP contribution in [-0.4, -0.2) is 5.91 Å². The van der Waals surface area contributed by atoms with Crippen LogP contribution in [-0.2, 0) is 6.42 Å². The van der Waals surface area contributed by atoms with E-state index >= 15 is 0 Å². The van der Waals surface area contributed by atoms with E-state index in [2.05, 4.69) is 5.32 Å². The fourth-order valence-electron chi connectivity index (χ4n) is 1.69. The summed E-state index contributed by atoms with van der Waals surface area (Å²) < 4.78 is 13.1. The Morgan fingerprint density at radius 3 is 2.89 bits per heavy atom. The van der Waals surface area contributed by atoms with Gasteiger partial charge in [0.15, 0.2) is 0 Å². The Hall–Kier alpha value is -1.88. The van der Waals surface area contributed by atoms with E-state index in [4.69, 9.17) is 5.73 Å². The van der Waals surface area contributed by atoms with Crippen molar-refractivity contribution in [1.29, 1.82) is 0 Å². The largest absolute Gasteiger partial charge is 0.399 e. The molecule has 0 radical (unpaired) electrons. The van der Waals surface area contributed by atoms with Gasteiger partial charge >= 0.3 is 0 Å². The fourth-order valence-corrected chi connectivity index (χ4v) is 2.58. The average Bonchev–Trinajstić information content (AvgIpc) is 2.75. The van der Waals surface area contributed by atoms with Gasteiger partial charge in [0.2, 0.25) is 0 Å². The number of carbonyl (C=O) groups excluding carboxylic acids is 1. The maximum absolute atomic E-state index is 13.1. The highest BCUT2D eigenvalue weighted by atomic mass is 32.1. The van der Waals surface area contributed by atoms with Crippen LogP contribution in [0.25, 0.3) is 0 Å². The summed E-state index contributed by atoms with van der Waals surface area (Å²) in [5.41, 5.74) is 7.16. The molecule has 3 N–H and O–H groups in total. The van der Waals surface area contributed by atoms with Crippen molar-refractivity contribution in [3.8, 4) is 0 Å². The predicted molar refractivity (Wildman–Crippen MR) is 72.5 cm³/mol. The summed E-state index contributed by atoms with van der Waals surface area (Å²) in [6, 6.07) is 5.89. The van der Waals surface area contributed by atoms with Crippen LogP contribution in [0.3, 0.4) is 0 Å². The summed E-state index contributed by atoms with van der Waals surface area (Å²) in [7, 11) is 0. The van der Waals surface area contributed by atoms with Crippen LogP contribution in [0, 0.1) is 5.82 Å². The molecule has 1 aromatic heterocycles. The quantitative estimate of drug-likeness (QED) is 0.836. The molecule has 0 unspecified atom stereocenters. The average molecular weight is 264 g/mol. The second kappa shape index (κ2) is 5.18. The number of aryl methyl sites for hydroxylation is 1. The number of halogens is 1. The number of nitrogens with one attached hydrogen (secondary N) is 1. The molecule has 3 nitrogen and oxygen atoms in total. The third-order valence-corrected chi connectivity index (χ3v) is 3.47. The zero-order valence-electron chi connectivity index (χ0n) is 9.87. The van der Waals surface area contributed by atoms with Crippen LogP contribution >= 0.6 is 11.3 Å². The highest BCUT2D eigenvalue weighted by molar-refractivity contribution is 7.12. The molecule has 0 spiro atoms. The fraction of sp³-hybridized carbons (Fsp3) is 0.154. The Kier molecular flexibility index (Phi) is 3.62. The normalized spacial score (nSPS) is 10.3. The summed E-state index contributed by atoms with van der Waals surface area (Å²) in [5.74, 6) is -0.695. The van der Waals surface area contributed by atoms with E-state index in [0.29, 0.717) is 10.6 Å². The van der Waals surface area contributed by atoms with Crippen molar-refractivity contribution >= 4 is 28.6 Å². The number of hydrogen-bond acceptors (Lipinski definition) is 3. The Morgan fingerprint density at radius 2 is 2.22 bits per heavy atom. The van der Waals surface area contributed by atoms with Crippen molar-refractivity contribution in [3.63, 3.8) is 0 Å². The van der Waals surface area contributed by atoms with E-state index in [9.17, 15) is 9.18 Å². The summed E-state index contributed by atoms with van der Waals surface area (Å²) in [6.07, 6.45) is 0.789. The van der Waals surface area contributed by atoms with E-state index in [-0.39, 0.29) is 11.6 Å². The summed E-state index contributed by atoms with van der Waals surface area (Å²) >= 11 is 1.37. The van der Waals surface area contributed by atoms with E-state index < -0.39 is 5.82 Å². The molecule has 5 heteroatoms. The van der Waals surface area contributed by atoms with Crippen molar-refractivity contribution in [2.24, 2.45) is 0 Å². The third-order valence-electron chi connectivity index (χ3n) is 2.51. The van der Waals surface area contributed by atoms with Crippen LogP contribution < -0.4 is 11.1 Å². The SMILES string of the molecule is CCc1ccsc1C(=O)Nc1cc(N)cc(F)c1. The Balaban J connectivity index is 2.21. The van der Waals surface area contributed by atoms with Gasteiger partial charge < -0.3 is 11.1 Å². The second-order valence-electron chi connectivity index (χ2n) is 3.86. The minimum Gasteiger partial charge on any atom is -0.399 e. The van der Waals surface area contributed by atoms with Crippen LogP contribution in [0.15, 0.2) is 29.6 Å². The maximum atomic E-state index is 13.1. The molecule has 0 saturated carbocycles. The number of nitrogens with two attached hydrogens (primary N) is 1. The molecule has 0 aliphatic heterocycles. The van der Waals surface area contributed by atoms with E-state index in [1.54, 1.807) is 0 Å². The molecule has 0 fully saturated rings. The molecule has 0 saturated heterocycles. The lowest BCUT2D eigenvalue weighted by Gasteiger charge is -2.06. The van der Waals surface area contributed by atoms with Crippen molar-refractivity contribution in [2.45, 2.75) is 13.3 Å². The number of benzene rings is 1. The lowest BCUT2D eigenvalue weighted by atomic mass is 10.2. The standard InChI is InChI=1S/C13H13FN2OS/c1-2-8-3-4-18-12(8)13(17)16-11-6-9(14)5-10(15)7-11/h3-7H,2,15H2,1H3,(H,16,17). The Morgan fingerprint density at radius 1 is 1.44 bits per heavy atom. The monoisotopic (exact) mass is 264 g/mol. The van der Waals surface area contributed by atoms with Crippen LogP contribution in [0.4, 0.5) is 15.8 Å². The molecule has 2 aromatic rings. The molecular formula is C13H13FN2OS. The highest BCUT2D eigenvalue weighted by Gasteiger charge is 2.12. The maximum Gasteiger partial charge on any atom is 0.266 e. The summed E-state index contributed by atoms with van der Waals surface area (Å²) in [6.45, 7) is 1.99. The van der Waals surface area contributed by atoms with Gasteiger partial charge in [-0.3, -0.25) is 4.79 Å². The van der Waals surface area contributed by atoms with Crippen LogP contribution in [0.2, 0.25) is 0 Å². The minimum absolute atomic E-state index is 0.230. The first-order valence-corrected chi connectivity index (χ1v) is 6.42. The number of nitrogen functional groups attached to an aromatic ring is 1. The van der Waals surface area contributed by atoms with E-state index in [1.807, 2.05) is 18.4 Å². The lowest BCUT2D eigenvalue weighted by molar-refractivity contribution is 0.103. The molecule has 2 rings (SSSR count). The van der Waals surface area contributed by atoms with Crippen molar-refractivity contribution in [2.75, 3.05) is 11.1 Å². The van der Waals surface area contributed by atoms with Gasteiger partial charge in [-0.25, -0.2) is 4.39 Å². The Labute approximate surface area is 108 Å². The second-order valence-corrected chi connectivity index (χ2v) is 4.77. The van der Waals surface area contributed by atoms with Gasteiger partial charge in [0.05, 0.1) is 4.88 Å². The highest BCUT2D eigenvalue weighted by Crippen LogP contribution is 2.21. The number of anilines is 2. The molecular weight excluding hydrogens is 251 g/mol. The van der Waals surface area contributed by atoms with Crippen molar-refractivity contribution in [1.82, 2.24) is 0 Å². The molecule has 0 aliphatic rings. The summed E-state index contributed by atoms with van der Waals surface area (Å²) in [4.78, 5) is 12.7. The van der Waals surface area contributed by atoms with Gasteiger partial charge in [-0.2, -0.15) is 0 Å². The van der Waals surface area contributed by atoms with Gasteiger partial charge in [0.25, 0.3) is 5.91 Å². The molecule has 94 valence electrons. The van der Waals surface area contributed by atoms with Gasteiger partial charge in [-0.1, -0.05) is 6.92 Å². The van der Waals surface area contributed by atoms with E-state index in [0.717, 1.165) is 12.0 Å². The number of rotatable bonds is 3. The molecule has 1 heterocycles. The van der Waals surface area contributed by atoms with E-state index in [1.165, 1.54) is 29.5 Å². The van der Waals surface area contributed by atoms with Gasteiger partial charge in [-0.05, 0) is 41.6 Å². The molecule has 0 aliphatic carbocycles. The number of amides is 1. The topological polar surface area (TPSA) is 55.1 Å². The Bertz CT molecular complexity index is 560. The van der Waals surface area contributed by atoms with Crippen LogP contribution in [0.5, 0.6) is 0 Å². The van der Waals surface area contributed by atoms with Gasteiger partial charge in [0.1, 0.15) is 5.82 Å². The lowest BCUT2D eigenvalue weighted by Crippen LogP contribution is -2.12. The minimum atomic E-state index is -0.466. The first-order chi connectivity index (χ1) is 8.60. The van der Waals surface area contributed by atoms with Gasteiger partial charge in [-0.15, -0.1) is 11.3 Å². The zero-order chi connectivity index (χ0) is 13.1. The number of carbonyl (C=O) groups is 1. The zero-order valence-corrected chi connectivity index (χ0v) is 10.7. The predicted octanol–water partition coefficient (Wildman–Crippen LogP) is 3.28. The first-order valence-electron chi connectivity index (χ1n) is 5.54.